The summed E-state index contributed by atoms with van der Waals surface area (Å²) in [5.41, 5.74) is -0.488. The van der Waals surface area contributed by atoms with E-state index in [1.807, 2.05) is 20.8 Å². The van der Waals surface area contributed by atoms with E-state index in [9.17, 15) is 9.59 Å². The molecule has 0 spiro atoms. The minimum Gasteiger partial charge on any atom is -0.444 e. The average Bonchev–Trinajstić information content (AvgIpc) is 2.27. The van der Waals surface area contributed by atoms with Gasteiger partial charge in [-0.05, 0) is 33.6 Å². The van der Waals surface area contributed by atoms with Crippen LogP contribution >= 0.6 is 0 Å². The number of urea groups is 1. The van der Waals surface area contributed by atoms with Crippen LogP contribution in [-0.2, 0) is 4.74 Å². The molecule has 0 aromatic heterocycles. The molecule has 0 unspecified atom stereocenters. The van der Waals surface area contributed by atoms with Crippen molar-refractivity contribution in [1.29, 1.82) is 0 Å². The van der Waals surface area contributed by atoms with E-state index in [1.165, 1.54) is 0 Å². The smallest absolute Gasteiger partial charge is 0.410 e. The van der Waals surface area contributed by atoms with E-state index in [2.05, 4.69) is 10.6 Å². The predicted octanol–water partition coefficient (Wildman–Crippen LogP) is 1.31. The van der Waals surface area contributed by atoms with Crippen molar-refractivity contribution in [3.8, 4) is 0 Å². The minimum atomic E-state index is -0.488. The van der Waals surface area contributed by atoms with Gasteiger partial charge in [0.15, 0.2) is 0 Å². The van der Waals surface area contributed by atoms with E-state index >= 15 is 0 Å². The molecule has 104 valence electrons. The van der Waals surface area contributed by atoms with Crippen LogP contribution in [0.1, 0.15) is 33.6 Å². The van der Waals surface area contributed by atoms with Crippen molar-refractivity contribution in [2.45, 2.75) is 45.3 Å². The SMILES string of the molecule is CNC(=O)N[C@H]1CCCN(C(=O)OC(C)(C)C)C1. The number of carbonyl (C=O) groups is 2. The fourth-order valence-corrected chi connectivity index (χ4v) is 1.84. The number of amides is 3. The summed E-state index contributed by atoms with van der Waals surface area (Å²) in [4.78, 5) is 24.8. The Bertz CT molecular complexity index is 312. The van der Waals surface area contributed by atoms with Crippen molar-refractivity contribution in [1.82, 2.24) is 15.5 Å². The Morgan fingerprint density at radius 2 is 2.00 bits per heavy atom. The summed E-state index contributed by atoms with van der Waals surface area (Å²) < 4.78 is 5.32. The van der Waals surface area contributed by atoms with Gasteiger partial charge in [0.25, 0.3) is 0 Å². The van der Waals surface area contributed by atoms with E-state index in [0.29, 0.717) is 13.1 Å². The van der Waals surface area contributed by atoms with Crippen LogP contribution in [0.25, 0.3) is 0 Å². The summed E-state index contributed by atoms with van der Waals surface area (Å²) in [6.45, 7) is 6.71. The highest BCUT2D eigenvalue weighted by molar-refractivity contribution is 5.74. The molecule has 1 fully saturated rings. The van der Waals surface area contributed by atoms with E-state index in [4.69, 9.17) is 4.74 Å². The van der Waals surface area contributed by atoms with Gasteiger partial charge in [0.1, 0.15) is 5.60 Å². The van der Waals surface area contributed by atoms with Crippen LogP contribution < -0.4 is 10.6 Å². The maximum atomic E-state index is 11.9. The van der Waals surface area contributed by atoms with Gasteiger partial charge in [-0.2, -0.15) is 0 Å². The van der Waals surface area contributed by atoms with Crippen LogP contribution in [0, 0.1) is 0 Å². The molecule has 0 aromatic carbocycles. The molecule has 0 aliphatic carbocycles. The van der Waals surface area contributed by atoms with Crippen molar-refractivity contribution in [2.24, 2.45) is 0 Å². The van der Waals surface area contributed by atoms with Crippen LogP contribution in [0.3, 0.4) is 0 Å². The molecule has 0 radical (unpaired) electrons. The van der Waals surface area contributed by atoms with Crippen molar-refractivity contribution in [3.63, 3.8) is 0 Å². The predicted molar refractivity (Wildman–Crippen MR) is 68.4 cm³/mol. The maximum absolute atomic E-state index is 11.9. The van der Waals surface area contributed by atoms with Crippen molar-refractivity contribution in [2.75, 3.05) is 20.1 Å². The third-order valence-corrected chi connectivity index (χ3v) is 2.64. The van der Waals surface area contributed by atoms with E-state index < -0.39 is 5.60 Å². The summed E-state index contributed by atoms with van der Waals surface area (Å²) in [5.74, 6) is 0. The zero-order chi connectivity index (χ0) is 13.8. The lowest BCUT2D eigenvalue weighted by Crippen LogP contribution is -2.52. The van der Waals surface area contributed by atoms with Crippen LogP contribution in [-0.4, -0.2) is 48.8 Å². The van der Waals surface area contributed by atoms with Gasteiger partial charge in [-0.3, -0.25) is 0 Å². The van der Waals surface area contributed by atoms with Crippen molar-refractivity contribution < 1.29 is 14.3 Å². The first kappa shape index (κ1) is 14.6. The van der Waals surface area contributed by atoms with Gasteiger partial charge >= 0.3 is 12.1 Å². The van der Waals surface area contributed by atoms with E-state index in [1.54, 1.807) is 11.9 Å². The molecule has 1 saturated heterocycles. The third-order valence-electron chi connectivity index (χ3n) is 2.64. The molecular formula is C12H23N3O3. The second kappa shape index (κ2) is 5.93. The van der Waals surface area contributed by atoms with Gasteiger partial charge in [0.05, 0.1) is 0 Å². The number of likely N-dealkylation sites (tertiary alicyclic amines) is 1. The first-order valence-electron chi connectivity index (χ1n) is 6.28. The molecule has 0 bridgehead atoms. The highest BCUT2D eigenvalue weighted by atomic mass is 16.6. The fraction of sp³-hybridized carbons (Fsp3) is 0.833. The molecule has 1 rings (SSSR count). The van der Waals surface area contributed by atoms with Gasteiger partial charge in [-0.1, -0.05) is 0 Å². The molecule has 1 aliphatic heterocycles. The minimum absolute atomic E-state index is 0.00813. The number of ether oxygens (including phenoxy) is 1. The Morgan fingerprint density at radius 1 is 1.33 bits per heavy atom. The monoisotopic (exact) mass is 257 g/mol. The Balaban J connectivity index is 2.48. The van der Waals surface area contributed by atoms with Gasteiger partial charge in [0, 0.05) is 26.2 Å². The highest BCUT2D eigenvalue weighted by Crippen LogP contribution is 2.15. The largest absolute Gasteiger partial charge is 0.444 e. The number of hydrogen-bond donors (Lipinski definition) is 2. The lowest BCUT2D eigenvalue weighted by molar-refractivity contribution is 0.0191. The maximum Gasteiger partial charge on any atom is 0.410 e. The molecule has 1 heterocycles. The topological polar surface area (TPSA) is 70.7 Å². The Labute approximate surface area is 108 Å². The summed E-state index contributed by atoms with van der Waals surface area (Å²) in [7, 11) is 1.57. The van der Waals surface area contributed by atoms with Gasteiger partial charge < -0.3 is 20.3 Å². The quantitative estimate of drug-likeness (QED) is 0.744. The molecule has 0 saturated carbocycles. The third kappa shape index (κ3) is 4.81. The lowest BCUT2D eigenvalue weighted by atomic mass is 10.1. The van der Waals surface area contributed by atoms with Crippen molar-refractivity contribution >= 4 is 12.1 Å². The Hall–Kier alpha value is -1.46. The van der Waals surface area contributed by atoms with E-state index in [0.717, 1.165) is 12.8 Å². The van der Waals surface area contributed by atoms with Crippen molar-refractivity contribution in [3.05, 3.63) is 0 Å². The number of hydrogen-bond acceptors (Lipinski definition) is 3. The average molecular weight is 257 g/mol. The second-order valence-electron chi connectivity index (χ2n) is 5.49. The first-order valence-corrected chi connectivity index (χ1v) is 6.28. The van der Waals surface area contributed by atoms with Gasteiger partial charge in [0.2, 0.25) is 0 Å². The molecule has 3 amide bonds. The van der Waals surface area contributed by atoms with Gasteiger partial charge in [-0.25, -0.2) is 9.59 Å². The summed E-state index contributed by atoms with van der Waals surface area (Å²) in [5, 5.41) is 5.33. The van der Waals surface area contributed by atoms with E-state index in [-0.39, 0.29) is 18.2 Å². The van der Waals surface area contributed by atoms with Gasteiger partial charge in [-0.15, -0.1) is 0 Å². The molecular weight excluding hydrogens is 234 g/mol. The summed E-state index contributed by atoms with van der Waals surface area (Å²) in [6.07, 6.45) is 1.44. The van der Waals surface area contributed by atoms with Crippen LogP contribution in [0.5, 0.6) is 0 Å². The number of nitrogens with one attached hydrogen (secondary N) is 2. The second-order valence-corrected chi connectivity index (χ2v) is 5.49. The molecule has 18 heavy (non-hydrogen) atoms. The number of nitrogens with zero attached hydrogens (tertiary/aromatic N) is 1. The van der Waals surface area contributed by atoms with Crippen LogP contribution in [0.4, 0.5) is 9.59 Å². The number of piperidine rings is 1. The summed E-state index contributed by atoms with van der Waals surface area (Å²) in [6, 6.07) is -0.225. The standard InChI is InChI=1S/C12H23N3O3/c1-12(2,3)18-11(17)15-7-5-6-9(8-15)14-10(16)13-4/h9H,5-8H2,1-4H3,(H2,13,14,16)/t9-/m0/s1. The molecule has 1 aliphatic rings. The molecule has 1 atom stereocenters. The van der Waals surface area contributed by atoms with Crippen LogP contribution in [0.2, 0.25) is 0 Å². The molecule has 6 heteroatoms. The Kier molecular flexibility index (Phi) is 4.81. The zero-order valence-corrected chi connectivity index (χ0v) is 11.6. The molecule has 2 N–H and O–H groups in total. The van der Waals surface area contributed by atoms with Crippen LogP contribution in [0.15, 0.2) is 0 Å². The lowest BCUT2D eigenvalue weighted by Gasteiger charge is -2.34. The fourth-order valence-electron chi connectivity index (χ4n) is 1.84. The molecule has 6 nitrogen and oxygen atoms in total. The number of carbonyl (C=O) groups excluding carboxylic acids is 2. The summed E-state index contributed by atoms with van der Waals surface area (Å²) >= 11 is 0. The number of rotatable bonds is 1. The Morgan fingerprint density at radius 3 is 2.56 bits per heavy atom. The highest BCUT2D eigenvalue weighted by Gasteiger charge is 2.28. The zero-order valence-electron chi connectivity index (χ0n) is 11.6. The first-order chi connectivity index (χ1) is 8.31. The molecule has 0 aromatic rings. The normalized spacial score (nSPS) is 20.2.